The lowest BCUT2D eigenvalue weighted by Crippen LogP contribution is -2.22. The summed E-state index contributed by atoms with van der Waals surface area (Å²) in [5.41, 5.74) is 0.553. The Morgan fingerprint density at radius 3 is 2.62 bits per heavy atom. The molecule has 1 heterocycles. The molecule has 1 amide bonds. The van der Waals surface area contributed by atoms with E-state index in [0.29, 0.717) is 14.2 Å². The monoisotopic (exact) mass is 257 g/mol. The number of carbonyl (C=O) groups is 1. The fourth-order valence-electron chi connectivity index (χ4n) is 0.794. The highest BCUT2D eigenvalue weighted by atomic mass is 35.5. The Bertz CT molecular complexity index is 326. The fourth-order valence-corrected chi connectivity index (χ4v) is 2.73. The van der Waals surface area contributed by atoms with E-state index < -0.39 is 5.38 Å². The zero-order chi connectivity index (χ0) is 10.0. The molecular formula is C7H6Cl3NOS. The molecule has 0 aliphatic rings. The minimum Gasteiger partial charge on any atom is -0.358 e. The summed E-state index contributed by atoms with van der Waals surface area (Å²) in [6, 6.07) is 1.60. The van der Waals surface area contributed by atoms with Crippen LogP contribution in [0, 0.1) is 0 Å². The van der Waals surface area contributed by atoms with E-state index in [0.717, 1.165) is 0 Å². The van der Waals surface area contributed by atoms with Crippen LogP contribution in [0.5, 0.6) is 0 Å². The molecule has 0 aliphatic carbocycles. The van der Waals surface area contributed by atoms with Crippen molar-refractivity contribution in [3.8, 4) is 0 Å². The number of amides is 1. The lowest BCUT2D eigenvalue weighted by molar-refractivity contribution is -0.120. The minimum absolute atomic E-state index is 0.293. The van der Waals surface area contributed by atoms with Gasteiger partial charge in [-0.05, 0) is 6.07 Å². The molecule has 72 valence electrons. The predicted octanol–water partition coefficient (Wildman–Crippen LogP) is 3.08. The normalized spacial score (nSPS) is 12.6. The van der Waals surface area contributed by atoms with Gasteiger partial charge in [0.1, 0.15) is 5.38 Å². The number of halogens is 3. The van der Waals surface area contributed by atoms with Gasteiger partial charge in [-0.25, -0.2) is 0 Å². The number of nitrogens with one attached hydrogen (secondary N) is 1. The topological polar surface area (TPSA) is 29.1 Å². The number of alkyl halides is 1. The first-order valence-corrected chi connectivity index (χ1v) is 5.37. The van der Waals surface area contributed by atoms with Crippen LogP contribution in [0.3, 0.4) is 0 Å². The number of thiophene rings is 1. The summed E-state index contributed by atoms with van der Waals surface area (Å²) >= 11 is 18.5. The van der Waals surface area contributed by atoms with Gasteiger partial charge < -0.3 is 5.32 Å². The van der Waals surface area contributed by atoms with Gasteiger partial charge in [-0.3, -0.25) is 4.79 Å². The summed E-state index contributed by atoms with van der Waals surface area (Å²) in [5.74, 6) is -0.293. The van der Waals surface area contributed by atoms with Crippen LogP contribution in [-0.2, 0) is 4.79 Å². The molecule has 0 spiro atoms. The Balaban J connectivity index is 2.94. The summed E-state index contributed by atoms with van der Waals surface area (Å²) in [7, 11) is 1.51. The van der Waals surface area contributed by atoms with Crippen LogP contribution in [0.2, 0.25) is 8.67 Å². The van der Waals surface area contributed by atoms with E-state index in [4.69, 9.17) is 34.8 Å². The molecule has 0 saturated carbocycles. The first-order chi connectivity index (χ1) is 6.06. The van der Waals surface area contributed by atoms with Crippen LogP contribution in [0.15, 0.2) is 6.07 Å². The quantitative estimate of drug-likeness (QED) is 0.812. The minimum atomic E-state index is -0.777. The molecule has 0 radical (unpaired) electrons. The highest BCUT2D eigenvalue weighted by Gasteiger charge is 2.21. The number of rotatable bonds is 2. The van der Waals surface area contributed by atoms with Gasteiger partial charge >= 0.3 is 0 Å². The van der Waals surface area contributed by atoms with E-state index in [2.05, 4.69) is 5.32 Å². The van der Waals surface area contributed by atoms with Crippen molar-refractivity contribution in [2.75, 3.05) is 7.05 Å². The zero-order valence-corrected chi connectivity index (χ0v) is 9.69. The maximum atomic E-state index is 11.1. The lowest BCUT2D eigenvalue weighted by Gasteiger charge is -2.05. The molecule has 1 N–H and O–H groups in total. The Hall–Kier alpha value is 0.0400. The molecular weight excluding hydrogens is 253 g/mol. The van der Waals surface area contributed by atoms with Crippen molar-refractivity contribution in [2.24, 2.45) is 0 Å². The summed E-state index contributed by atoms with van der Waals surface area (Å²) in [6.45, 7) is 0. The highest BCUT2D eigenvalue weighted by molar-refractivity contribution is 7.20. The molecule has 0 saturated heterocycles. The molecule has 0 aliphatic heterocycles. The summed E-state index contributed by atoms with van der Waals surface area (Å²) < 4.78 is 0.975. The highest BCUT2D eigenvalue weighted by Crippen LogP contribution is 2.37. The SMILES string of the molecule is CNC(=O)C(Cl)c1cc(Cl)sc1Cl. The second-order valence-electron chi connectivity index (χ2n) is 2.26. The molecule has 1 unspecified atom stereocenters. The zero-order valence-electron chi connectivity index (χ0n) is 6.61. The average molecular weight is 259 g/mol. The van der Waals surface area contributed by atoms with Crippen molar-refractivity contribution in [2.45, 2.75) is 5.38 Å². The largest absolute Gasteiger partial charge is 0.358 e. The van der Waals surface area contributed by atoms with E-state index >= 15 is 0 Å². The molecule has 1 aromatic heterocycles. The lowest BCUT2D eigenvalue weighted by atomic mass is 10.2. The standard InChI is InChI=1S/C7H6Cl3NOS/c1-11-7(12)5(9)3-2-4(8)13-6(3)10/h2,5H,1H3,(H,11,12). The van der Waals surface area contributed by atoms with Crippen LogP contribution >= 0.6 is 46.1 Å². The number of likely N-dealkylation sites (N-methyl/N-ethyl adjacent to an activating group) is 1. The van der Waals surface area contributed by atoms with Crippen molar-refractivity contribution in [3.05, 3.63) is 20.3 Å². The number of carbonyl (C=O) groups excluding carboxylic acids is 1. The van der Waals surface area contributed by atoms with Gasteiger partial charge in [-0.1, -0.05) is 23.2 Å². The molecule has 1 aromatic rings. The van der Waals surface area contributed by atoms with E-state index in [-0.39, 0.29) is 5.91 Å². The molecule has 0 aromatic carbocycles. The second kappa shape index (κ2) is 4.51. The van der Waals surface area contributed by atoms with Gasteiger partial charge in [-0.15, -0.1) is 22.9 Å². The molecule has 0 fully saturated rings. The van der Waals surface area contributed by atoms with Gasteiger partial charge in [0.25, 0.3) is 0 Å². The Kier molecular flexibility index (Phi) is 3.86. The van der Waals surface area contributed by atoms with E-state index in [1.165, 1.54) is 18.4 Å². The van der Waals surface area contributed by atoms with E-state index in [1.54, 1.807) is 6.07 Å². The van der Waals surface area contributed by atoms with Crippen LogP contribution in [0.25, 0.3) is 0 Å². The van der Waals surface area contributed by atoms with Gasteiger partial charge in [0, 0.05) is 12.6 Å². The molecule has 1 rings (SSSR count). The van der Waals surface area contributed by atoms with Gasteiger partial charge in [0.05, 0.1) is 8.67 Å². The average Bonchev–Trinajstić information content (AvgIpc) is 2.42. The summed E-state index contributed by atoms with van der Waals surface area (Å²) in [4.78, 5) is 11.1. The van der Waals surface area contributed by atoms with E-state index in [1.807, 2.05) is 0 Å². The Morgan fingerprint density at radius 2 is 2.23 bits per heavy atom. The third-order valence-electron chi connectivity index (χ3n) is 1.43. The molecule has 6 heteroatoms. The van der Waals surface area contributed by atoms with Crippen LogP contribution in [0.1, 0.15) is 10.9 Å². The first-order valence-electron chi connectivity index (χ1n) is 3.36. The first kappa shape index (κ1) is 11.1. The van der Waals surface area contributed by atoms with Gasteiger partial charge in [-0.2, -0.15) is 0 Å². The van der Waals surface area contributed by atoms with Crippen LogP contribution in [0.4, 0.5) is 0 Å². The smallest absolute Gasteiger partial charge is 0.242 e. The maximum absolute atomic E-state index is 11.1. The molecule has 0 bridgehead atoms. The van der Waals surface area contributed by atoms with Crippen LogP contribution < -0.4 is 5.32 Å². The fraction of sp³-hybridized carbons (Fsp3) is 0.286. The molecule has 13 heavy (non-hydrogen) atoms. The number of hydrogen-bond acceptors (Lipinski definition) is 2. The summed E-state index contributed by atoms with van der Waals surface area (Å²) in [5, 5.41) is 1.66. The third-order valence-corrected chi connectivity index (χ3v) is 3.38. The van der Waals surface area contributed by atoms with Crippen molar-refractivity contribution < 1.29 is 4.79 Å². The molecule has 2 nitrogen and oxygen atoms in total. The predicted molar refractivity (Wildman–Crippen MR) is 57.0 cm³/mol. The maximum Gasteiger partial charge on any atom is 0.242 e. The van der Waals surface area contributed by atoms with Gasteiger partial charge in [0.2, 0.25) is 5.91 Å². The second-order valence-corrected chi connectivity index (χ2v) is 4.98. The number of hydrogen-bond donors (Lipinski definition) is 1. The van der Waals surface area contributed by atoms with Crippen molar-refractivity contribution >= 4 is 52.0 Å². The van der Waals surface area contributed by atoms with Gasteiger partial charge in [0.15, 0.2) is 0 Å². The Morgan fingerprint density at radius 1 is 1.62 bits per heavy atom. The Labute approximate surface area is 94.8 Å². The summed E-state index contributed by atoms with van der Waals surface area (Å²) in [6.07, 6.45) is 0. The van der Waals surface area contributed by atoms with Crippen molar-refractivity contribution in [3.63, 3.8) is 0 Å². The van der Waals surface area contributed by atoms with Crippen molar-refractivity contribution in [1.82, 2.24) is 5.32 Å². The third kappa shape index (κ3) is 2.50. The molecule has 1 atom stereocenters. The van der Waals surface area contributed by atoms with E-state index in [9.17, 15) is 4.79 Å². The van der Waals surface area contributed by atoms with Crippen LogP contribution in [-0.4, -0.2) is 13.0 Å². The van der Waals surface area contributed by atoms with Crippen molar-refractivity contribution in [1.29, 1.82) is 0 Å².